The van der Waals surface area contributed by atoms with Gasteiger partial charge in [-0.3, -0.25) is 0 Å². The van der Waals surface area contributed by atoms with Crippen LogP contribution in [0.1, 0.15) is 135 Å². The Bertz CT molecular complexity index is 458. The summed E-state index contributed by atoms with van der Waals surface area (Å²) in [4.78, 5) is 11.3. The molecule has 6 nitrogen and oxygen atoms in total. The lowest BCUT2D eigenvalue weighted by molar-refractivity contribution is -0.139. The number of cyclic esters (lactones) is 1. The van der Waals surface area contributed by atoms with E-state index in [1.54, 1.807) is 0 Å². The summed E-state index contributed by atoms with van der Waals surface area (Å²) in [6, 6.07) is 0. The van der Waals surface area contributed by atoms with Gasteiger partial charge in [-0.05, 0) is 38.5 Å². The molecule has 1 aliphatic heterocycles. The van der Waals surface area contributed by atoms with Crippen molar-refractivity contribution in [1.82, 2.24) is 0 Å². The molecule has 1 aliphatic rings. The fourth-order valence-electron chi connectivity index (χ4n) is 4.52. The first-order valence-electron chi connectivity index (χ1n) is 13.9. The summed E-state index contributed by atoms with van der Waals surface area (Å²) in [5, 5.41) is 30.1. The highest BCUT2D eigenvalue weighted by atomic mass is 16.7. The minimum atomic E-state index is -0.657. The number of aliphatic hydroxyl groups excluding tert-OH is 3. The maximum Gasteiger partial charge on any atom is 0.337 e. The zero-order valence-corrected chi connectivity index (χ0v) is 21.2. The number of carbonyl (C=O) groups is 1. The lowest BCUT2D eigenvalue weighted by Crippen LogP contribution is -2.26. The van der Waals surface area contributed by atoms with E-state index in [4.69, 9.17) is 9.47 Å². The Labute approximate surface area is 202 Å². The number of ether oxygens (including phenoxy) is 2. The molecule has 33 heavy (non-hydrogen) atoms. The van der Waals surface area contributed by atoms with Crippen molar-refractivity contribution in [2.45, 2.75) is 160 Å². The molecule has 4 unspecified atom stereocenters. The molecule has 1 heterocycles. The number of esters is 1. The van der Waals surface area contributed by atoms with Crippen LogP contribution >= 0.6 is 0 Å². The third-order valence-electron chi connectivity index (χ3n) is 6.82. The number of carbonyl (C=O) groups excluding carboxylic acids is 1. The lowest BCUT2D eigenvalue weighted by atomic mass is 9.98. The Balaban J connectivity index is 1.79. The normalized spacial score (nSPS) is 18.9. The summed E-state index contributed by atoms with van der Waals surface area (Å²) in [5.41, 5.74) is 0. The fourth-order valence-corrected chi connectivity index (χ4v) is 4.52. The van der Waals surface area contributed by atoms with Gasteiger partial charge < -0.3 is 24.8 Å². The van der Waals surface area contributed by atoms with Gasteiger partial charge in [0, 0.05) is 0 Å². The molecule has 196 valence electrons. The SMILES string of the molecule is CCCCC(O)CCCC(O)C(O)CCCCCCCCCCCCCCC1OCOC1=O. The molecule has 4 atom stereocenters. The van der Waals surface area contributed by atoms with Crippen LogP contribution in [0.4, 0.5) is 0 Å². The molecule has 1 saturated heterocycles. The smallest absolute Gasteiger partial charge is 0.337 e. The van der Waals surface area contributed by atoms with E-state index in [2.05, 4.69) is 6.92 Å². The minimum absolute atomic E-state index is 0.125. The first kappa shape index (κ1) is 30.3. The monoisotopic (exact) mass is 472 g/mol. The zero-order chi connectivity index (χ0) is 24.2. The highest BCUT2D eigenvalue weighted by molar-refractivity contribution is 5.75. The Hall–Kier alpha value is -0.690. The highest BCUT2D eigenvalue weighted by Gasteiger charge is 2.26. The first-order valence-corrected chi connectivity index (χ1v) is 13.9. The van der Waals surface area contributed by atoms with Crippen molar-refractivity contribution in [2.75, 3.05) is 6.79 Å². The lowest BCUT2D eigenvalue weighted by Gasteiger charge is -2.18. The molecule has 0 radical (unpaired) electrons. The molecule has 0 aliphatic carbocycles. The quantitative estimate of drug-likeness (QED) is 0.129. The Morgan fingerprint density at radius 3 is 1.70 bits per heavy atom. The van der Waals surface area contributed by atoms with Crippen molar-refractivity contribution in [1.29, 1.82) is 0 Å². The molecule has 6 heteroatoms. The van der Waals surface area contributed by atoms with Crippen molar-refractivity contribution in [3.63, 3.8) is 0 Å². The Morgan fingerprint density at radius 1 is 0.697 bits per heavy atom. The maximum absolute atomic E-state index is 11.3. The van der Waals surface area contributed by atoms with E-state index in [1.165, 1.54) is 51.4 Å². The second kappa shape index (κ2) is 20.7. The van der Waals surface area contributed by atoms with E-state index in [0.29, 0.717) is 12.8 Å². The first-order chi connectivity index (χ1) is 16.0. The summed E-state index contributed by atoms with van der Waals surface area (Å²) in [6.07, 6.45) is 19.1. The second-order valence-corrected chi connectivity index (χ2v) is 9.92. The topological polar surface area (TPSA) is 96.2 Å². The summed E-state index contributed by atoms with van der Waals surface area (Å²) in [5.74, 6) is -0.200. The predicted octanol–water partition coefficient (Wildman–Crippen LogP) is 5.79. The third-order valence-corrected chi connectivity index (χ3v) is 6.82. The molecular formula is C27H52O6. The molecule has 3 N–H and O–H groups in total. The van der Waals surface area contributed by atoms with Gasteiger partial charge in [0.05, 0.1) is 18.3 Å². The second-order valence-electron chi connectivity index (χ2n) is 9.92. The van der Waals surface area contributed by atoms with Gasteiger partial charge in [0.15, 0.2) is 12.9 Å². The maximum atomic E-state index is 11.3. The van der Waals surface area contributed by atoms with Gasteiger partial charge >= 0.3 is 5.97 Å². The molecule has 0 aromatic heterocycles. The molecule has 0 bridgehead atoms. The number of aliphatic hydroxyl groups is 3. The van der Waals surface area contributed by atoms with Gasteiger partial charge in [0.2, 0.25) is 0 Å². The minimum Gasteiger partial charge on any atom is -0.437 e. The van der Waals surface area contributed by atoms with Crippen LogP contribution in [0.2, 0.25) is 0 Å². The fraction of sp³-hybridized carbons (Fsp3) is 0.963. The van der Waals surface area contributed by atoms with Crippen molar-refractivity contribution < 1.29 is 29.6 Å². The van der Waals surface area contributed by atoms with E-state index in [-0.39, 0.29) is 25.0 Å². The van der Waals surface area contributed by atoms with Crippen LogP contribution < -0.4 is 0 Å². The van der Waals surface area contributed by atoms with Crippen LogP contribution in [-0.4, -0.2) is 52.5 Å². The number of rotatable bonds is 23. The number of hydrogen-bond donors (Lipinski definition) is 3. The third kappa shape index (κ3) is 16.6. The zero-order valence-electron chi connectivity index (χ0n) is 21.2. The number of unbranched alkanes of at least 4 members (excludes halogenated alkanes) is 12. The predicted molar refractivity (Wildman–Crippen MR) is 132 cm³/mol. The van der Waals surface area contributed by atoms with Gasteiger partial charge in [-0.25, -0.2) is 4.79 Å². The molecule has 0 amide bonds. The van der Waals surface area contributed by atoms with Gasteiger partial charge in [-0.1, -0.05) is 96.8 Å². The van der Waals surface area contributed by atoms with E-state index in [9.17, 15) is 20.1 Å². The van der Waals surface area contributed by atoms with E-state index >= 15 is 0 Å². The van der Waals surface area contributed by atoms with Gasteiger partial charge in [-0.2, -0.15) is 0 Å². The molecule has 1 fully saturated rings. The summed E-state index contributed by atoms with van der Waals surface area (Å²) in [7, 11) is 0. The van der Waals surface area contributed by atoms with Crippen LogP contribution in [0, 0.1) is 0 Å². The van der Waals surface area contributed by atoms with Crippen LogP contribution in [0.5, 0.6) is 0 Å². The Kier molecular flexibility index (Phi) is 19.0. The summed E-state index contributed by atoms with van der Waals surface area (Å²) in [6.45, 7) is 2.24. The number of hydrogen-bond acceptors (Lipinski definition) is 6. The molecule has 0 saturated carbocycles. The molecule has 1 rings (SSSR count). The van der Waals surface area contributed by atoms with Crippen LogP contribution in [-0.2, 0) is 14.3 Å². The van der Waals surface area contributed by atoms with Crippen LogP contribution in [0.3, 0.4) is 0 Å². The van der Waals surface area contributed by atoms with Crippen molar-refractivity contribution >= 4 is 5.97 Å². The Morgan fingerprint density at radius 2 is 1.18 bits per heavy atom. The summed E-state index contributed by atoms with van der Waals surface area (Å²) < 4.78 is 10.0. The summed E-state index contributed by atoms with van der Waals surface area (Å²) >= 11 is 0. The van der Waals surface area contributed by atoms with Crippen molar-refractivity contribution in [3.8, 4) is 0 Å². The van der Waals surface area contributed by atoms with Crippen molar-refractivity contribution in [3.05, 3.63) is 0 Å². The van der Waals surface area contributed by atoms with E-state index in [0.717, 1.165) is 64.2 Å². The van der Waals surface area contributed by atoms with Crippen LogP contribution in [0.15, 0.2) is 0 Å². The van der Waals surface area contributed by atoms with Crippen LogP contribution in [0.25, 0.3) is 0 Å². The molecular weight excluding hydrogens is 420 g/mol. The molecule has 0 aromatic rings. The molecule has 0 aromatic carbocycles. The average Bonchev–Trinajstić information content (AvgIpc) is 3.22. The van der Waals surface area contributed by atoms with Gasteiger partial charge in [-0.15, -0.1) is 0 Å². The van der Waals surface area contributed by atoms with Crippen molar-refractivity contribution in [2.24, 2.45) is 0 Å². The highest BCUT2D eigenvalue weighted by Crippen LogP contribution is 2.17. The van der Waals surface area contributed by atoms with Gasteiger partial charge in [0.1, 0.15) is 0 Å². The standard InChI is InChI=1S/C27H52O6/c1-2-3-17-23(28)18-16-20-25(30)24(29)19-14-12-10-8-6-4-5-7-9-11-13-15-21-26-27(31)33-22-32-26/h23-26,28-30H,2-22H2,1H3. The van der Waals surface area contributed by atoms with Gasteiger partial charge in [0.25, 0.3) is 0 Å². The van der Waals surface area contributed by atoms with E-state index < -0.39 is 12.2 Å². The molecule has 0 spiro atoms. The average molecular weight is 473 g/mol. The van der Waals surface area contributed by atoms with E-state index in [1.807, 2.05) is 0 Å². The largest absolute Gasteiger partial charge is 0.437 e.